The first-order chi connectivity index (χ1) is 10.4. The van der Waals surface area contributed by atoms with Gasteiger partial charge in [0.1, 0.15) is 5.75 Å². The topological polar surface area (TPSA) is 46.5 Å². The van der Waals surface area contributed by atoms with E-state index in [9.17, 15) is 8.78 Å². The fourth-order valence-corrected chi connectivity index (χ4v) is 2.13. The van der Waals surface area contributed by atoms with Crippen LogP contribution in [0.15, 0.2) is 17.1 Å². The van der Waals surface area contributed by atoms with Gasteiger partial charge in [0.15, 0.2) is 17.5 Å². The monoisotopic (exact) mass is 315 g/mol. The summed E-state index contributed by atoms with van der Waals surface area (Å²) in [5.74, 6) is 1.65. The Morgan fingerprint density at radius 2 is 1.77 bits per heavy atom. The molecule has 0 unspecified atom stereocenters. The Balaban J connectivity index is 2.30. The number of guanidine groups is 1. The van der Waals surface area contributed by atoms with Crippen molar-refractivity contribution in [2.75, 3.05) is 35.0 Å². The van der Waals surface area contributed by atoms with Crippen molar-refractivity contribution >= 4 is 5.96 Å². The van der Waals surface area contributed by atoms with Crippen LogP contribution in [0, 0.1) is 0 Å². The normalized spacial score (nSPS) is 12.3. The van der Waals surface area contributed by atoms with Crippen LogP contribution in [-0.2, 0) is 6.54 Å². The lowest BCUT2D eigenvalue weighted by Crippen LogP contribution is -2.35. The zero-order valence-electron chi connectivity index (χ0n) is 13.0. The number of aliphatic imine (C=N–C) groups is 1. The van der Waals surface area contributed by atoms with Crippen LogP contribution >= 0.6 is 0 Å². The maximum atomic E-state index is 12.6. The minimum atomic E-state index is -2.91. The second-order valence-corrected chi connectivity index (χ2v) is 5.10. The summed E-state index contributed by atoms with van der Waals surface area (Å²) in [6, 6.07) is 3.02. The number of rotatable bonds is 4. The molecule has 0 aliphatic carbocycles. The average molecular weight is 315 g/mol. The number of alkyl halides is 2. The number of halogens is 2. The van der Waals surface area contributed by atoms with E-state index in [1.54, 1.807) is 6.07 Å². The molecule has 1 aliphatic rings. The Bertz CT molecular complexity index is 553. The summed E-state index contributed by atoms with van der Waals surface area (Å²) in [7, 11) is 7.42. The highest BCUT2D eigenvalue weighted by molar-refractivity contribution is 5.79. The van der Waals surface area contributed by atoms with Crippen LogP contribution in [-0.4, -0.2) is 57.4 Å². The van der Waals surface area contributed by atoms with Crippen molar-refractivity contribution in [1.29, 1.82) is 0 Å². The van der Waals surface area contributed by atoms with Crippen LogP contribution in [0.1, 0.15) is 5.56 Å². The fourth-order valence-electron chi connectivity index (χ4n) is 2.13. The van der Waals surface area contributed by atoms with Crippen LogP contribution in [0.5, 0.6) is 17.2 Å². The third-order valence-electron chi connectivity index (χ3n) is 2.96. The van der Waals surface area contributed by atoms with Gasteiger partial charge < -0.3 is 24.0 Å². The predicted molar refractivity (Wildman–Crippen MR) is 77.7 cm³/mol. The molecule has 0 bridgehead atoms. The average Bonchev–Trinajstić information content (AvgIpc) is 2.84. The van der Waals surface area contributed by atoms with Gasteiger partial charge in [-0.05, 0) is 6.07 Å². The second-order valence-electron chi connectivity index (χ2n) is 5.10. The lowest BCUT2D eigenvalue weighted by atomic mass is 10.1. The van der Waals surface area contributed by atoms with E-state index in [0.29, 0.717) is 23.0 Å². The van der Waals surface area contributed by atoms with Crippen molar-refractivity contribution in [3.05, 3.63) is 17.7 Å². The highest BCUT2D eigenvalue weighted by Gasteiger charge is 2.20. The first-order valence-electron chi connectivity index (χ1n) is 6.65. The van der Waals surface area contributed by atoms with Crippen LogP contribution < -0.4 is 14.2 Å². The van der Waals surface area contributed by atoms with Crippen molar-refractivity contribution in [2.45, 2.75) is 13.2 Å². The molecule has 122 valence electrons. The number of benzene rings is 1. The van der Waals surface area contributed by atoms with Crippen LogP contribution in [0.2, 0.25) is 0 Å². The van der Waals surface area contributed by atoms with Crippen molar-refractivity contribution in [2.24, 2.45) is 4.99 Å². The molecule has 8 heteroatoms. The maximum Gasteiger partial charge on any atom is 0.387 e. The SMILES string of the molecule is CN(C)C(=NCc1cc2c(cc1OC(F)F)OCO2)N(C)C. The zero-order chi connectivity index (χ0) is 16.3. The fraction of sp³-hybridized carbons (Fsp3) is 0.500. The lowest BCUT2D eigenvalue weighted by Gasteiger charge is -2.22. The zero-order valence-corrected chi connectivity index (χ0v) is 13.0. The van der Waals surface area contributed by atoms with Crippen LogP contribution in [0.4, 0.5) is 8.78 Å². The Kier molecular flexibility index (Phi) is 4.89. The van der Waals surface area contributed by atoms with Gasteiger partial charge in [-0.2, -0.15) is 8.78 Å². The van der Waals surface area contributed by atoms with Gasteiger partial charge in [0.2, 0.25) is 6.79 Å². The highest BCUT2D eigenvalue weighted by atomic mass is 19.3. The van der Waals surface area contributed by atoms with E-state index in [2.05, 4.69) is 9.73 Å². The van der Waals surface area contributed by atoms with Gasteiger partial charge in [0.25, 0.3) is 0 Å². The van der Waals surface area contributed by atoms with E-state index in [4.69, 9.17) is 9.47 Å². The molecule has 1 aliphatic heterocycles. The number of ether oxygens (including phenoxy) is 3. The van der Waals surface area contributed by atoms with Crippen molar-refractivity contribution in [3.8, 4) is 17.2 Å². The molecule has 2 rings (SSSR count). The maximum absolute atomic E-state index is 12.6. The summed E-state index contributed by atoms with van der Waals surface area (Å²) in [5, 5.41) is 0. The largest absolute Gasteiger partial charge is 0.454 e. The van der Waals surface area contributed by atoms with Crippen LogP contribution in [0.3, 0.4) is 0 Å². The molecule has 6 nitrogen and oxygen atoms in total. The summed E-state index contributed by atoms with van der Waals surface area (Å²) in [6.45, 7) is -2.66. The number of hydrogen-bond acceptors (Lipinski definition) is 4. The molecular weight excluding hydrogens is 296 g/mol. The molecule has 22 heavy (non-hydrogen) atoms. The number of nitrogens with zero attached hydrogens (tertiary/aromatic N) is 3. The minimum absolute atomic E-state index is 0.0415. The molecule has 0 fully saturated rings. The van der Waals surface area contributed by atoms with Crippen molar-refractivity contribution in [3.63, 3.8) is 0 Å². The lowest BCUT2D eigenvalue weighted by molar-refractivity contribution is -0.0505. The molecule has 0 atom stereocenters. The highest BCUT2D eigenvalue weighted by Crippen LogP contribution is 2.39. The first-order valence-corrected chi connectivity index (χ1v) is 6.65. The van der Waals surface area contributed by atoms with Gasteiger partial charge in [-0.3, -0.25) is 0 Å². The Labute approximate surface area is 127 Å². The summed E-state index contributed by atoms with van der Waals surface area (Å²) in [5.41, 5.74) is 0.505. The minimum Gasteiger partial charge on any atom is -0.454 e. The molecule has 1 aromatic rings. The van der Waals surface area contributed by atoms with Gasteiger partial charge in [0.05, 0.1) is 6.54 Å². The molecule has 0 N–H and O–H groups in total. The molecule has 0 saturated carbocycles. The second kappa shape index (κ2) is 6.67. The predicted octanol–water partition coefficient (Wildman–Crippen LogP) is 2.00. The molecule has 1 aromatic carbocycles. The van der Waals surface area contributed by atoms with Gasteiger partial charge in [-0.15, -0.1) is 0 Å². The first kappa shape index (κ1) is 16.1. The molecule has 1 heterocycles. The standard InChI is InChI=1S/C14H19F2N3O3/c1-18(2)14(19(3)4)17-7-9-5-11-12(21-8-20-11)6-10(9)22-13(15)16/h5-6,13H,7-8H2,1-4H3. The van der Waals surface area contributed by atoms with Gasteiger partial charge in [0, 0.05) is 39.8 Å². The summed E-state index contributed by atoms with van der Waals surface area (Å²) >= 11 is 0. The smallest absolute Gasteiger partial charge is 0.387 e. The summed E-state index contributed by atoms with van der Waals surface area (Å²) in [4.78, 5) is 8.10. The Morgan fingerprint density at radius 1 is 1.18 bits per heavy atom. The molecule has 0 aromatic heterocycles. The van der Waals surface area contributed by atoms with Crippen molar-refractivity contribution in [1.82, 2.24) is 9.80 Å². The molecule has 0 amide bonds. The number of fused-ring (bicyclic) bond motifs is 1. The van der Waals surface area contributed by atoms with Crippen molar-refractivity contribution < 1.29 is 23.0 Å². The summed E-state index contributed by atoms with van der Waals surface area (Å²) in [6.07, 6.45) is 0. The molecule has 0 radical (unpaired) electrons. The third-order valence-corrected chi connectivity index (χ3v) is 2.96. The van der Waals surface area contributed by atoms with E-state index < -0.39 is 6.61 Å². The van der Waals surface area contributed by atoms with Gasteiger partial charge >= 0.3 is 6.61 Å². The van der Waals surface area contributed by atoms with Gasteiger partial charge in [-0.1, -0.05) is 0 Å². The summed E-state index contributed by atoms with van der Waals surface area (Å²) < 4.78 is 40.1. The molecule has 0 saturated heterocycles. The quantitative estimate of drug-likeness (QED) is 0.628. The molecule has 0 spiro atoms. The van der Waals surface area contributed by atoms with Crippen LogP contribution in [0.25, 0.3) is 0 Å². The molecular formula is C14H19F2N3O3. The Hall–Kier alpha value is -2.25. The van der Waals surface area contributed by atoms with Gasteiger partial charge in [-0.25, -0.2) is 4.99 Å². The van der Waals surface area contributed by atoms with E-state index in [1.165, 1.54) is 6.07 Å². The van der Waals surface area contributed by atoms with E-state index in [-0.39, 0.29) is 19.1 Å². The number of hydrogen-bond donors (Lipinski definition) is 0. The van der Waals surface area contributed by atoms with E-state index in [0.717, 1.165) is 0 Å². The third kappa shape index (κ3) is 3.69. The van der Waals surface area contributed by atoms with E-state index >= 15 is 0 Å². The Morgan fingerprint density at radius 3 is 2.32 bits per heavy atom. The van der Waals surface area contributed by atoms with E-state index in [1.807, 2.05) is 38.0 Å².